The summed E-state index contributed by atoms with van der Waals surface area (Å²) in [5, 5.41) is 0.894. The van der Waals surface area contributed by atoms with Crippen molar-refractivity contribution in [2.75, 3.05) is 5.73 Å². The zero-order valence-electron chi connectivity index (χ0n) is 8.72. The van der Waals surface area contributed by atoms with Crippen molar-refractivity contribution in [2.45, 2.75) is 0 Å². The molecule has 0 amide bonds. The first-order chi connectivity index (χ1) is 8.22. The molecule has 0 bridgehead atoms. The summed E-state index contributed by atoms with van der Waals surface area (Å²) in [6.07, 6.45) is 0. The van der Waals surface area contributed by atoms with Gasteiger partial charge >= 0.3 is 0 Å². The second kappa shape index (κ2) is 4.09. The molecular formula is C12H8BrN3S. The molecule has 0 saturated heterocycles. The fraction of sp³-hybridized carbons (Fsp3) is 0. The average molecular weight is 306 g/mol. The van der Waals surface area contributed by atoms with Crippen LogP contribution in [0.25, 0.3) is 20.9 Å². The maximum atomic E-state index is 5.67. The molecule has 17 heavy (non-hydrogen) atoms. The third kappa shape index (κ3) is 2.03. The van der Waals surface area contributed by atoms with Crippen molar-refractivity contribution >= 4 is 43.3 Å². The first kappa shape index (κ1) is 10.7. The highest BCUT2D eigenvalue weighted by molar-refractivity contribution is 9.10. The van der Waals surface area contributed by atoms with E-state index in [1.807, 2.05) is 30.3 Å². The Balaban J connectivity index is 2.18. The van der Waals surface area contributed by atoms with Gasteiger partial charge in [0, 0.05) is 4.47 Å². The lowest BCUT2D eigenvalue weighted by atomic mass is 10.3. The van der Waals surface area contributed by atoms with Gasteiger partial charge in [0.1, 0.15) is 16.5 Å². The molecule has 2 heterocycles. The molecule has 84 valence electrons. The van der Waals surface area contributed by atoms with Crippen LogP contribution in [0.3, 0.4) is 0 Å². The van der Waals surface area contributed by atoms with E-state index in [9.17, 15) is 0 Å². The Labute approximate surface area is 110 Å². The van der Waals surface area contributed by atoms with Crippen LogP contribution in [0.5, 0.6) is 0 Å². The summed E-state index contributed by atoms with van der Waals surface area (Å²) >= 11 is 5.06. The van der Waals surface area contributed by atoms with Gasteiger partial charge < -0.3 is 5.73 Å². The second-order valence-corrected chi connectivity index (χ2v) is 5.53. The van der Waals surface area contributed by atoms with Crippen molar-refractivity contribution in [1.82, 2.24) is 9.97 Å². The fourth-order valence-electron chi connectivity index (χ4n) is 1.58. The van der Waals surface area contributed by atoms with Crippen LogP contribution in [0.15, 0.2) is 40.9 Å². The highest BCUT2D eigenvalue weighted by atomic mass is 79.9. The Hall–Kier alpha value is -1.46. The lowest BCUT2D eigenvalue weighted by molar-refractivity contribution is 1.31. The summed E-state index contributed by atoms with van der Waals surface area (Å²) < 4.78 is 2.18. The number of anilines is 1. The number of nitrogen functional groups attached to an aromatic ring is 1. The average Bonchev–Trinajstić information content (AvgIpc) is 2.72. The minimum atomic E-state index is 0.517. The Morgan fingerprint density at radius 2 is 2.00 bits per heavy atom. The van der Waals surface area contributed by atoms with Crippen molar-refractivity contribution < 1.29 is 0 Å². The quantitative estimate of drug-likeness (QED) is 0.746. The van der Waals surface area contributed by atoms with Gasteiger partial charge in [0.15, 0.2) is 0 Å². The fourth-order valence-corrected chi connectivity index (χ4v) is 2.85. The molecule has 2 aromatic heterocycles. The van der Waals surface area contributed by atoms with Gasteiger partial charge in [0.25, 0.3) is 0 Å². The number of nitrogens with two attached hydrogens (primary N) is 1. The first-order valence-corrected chi connectivity index (χ1v) is 6.62. The normalized spacial score (nSPS) is 10.9. The van der Waals surface area contributed by atoms with Crippen molar-refractivity contribution in [3.8, 4) is 10.7 Å². The zero-order chi connectivity index (χ0) is 11.8. The molecule has 0 aliphatic rings. The third-order valence-corrected chi connectivity index (χ3v) is 3.89. The molecule has 5 heteroatoms. The van der Waals surface area contributed by atoms with Crippen LogP contribution >= 0.6 is 27.3 Å². The van der Waals surface area contributed by atoms with E-state index >= 15 is 0 Å². The van der Waals surface area contributed by atoms with Crippen molar-refractivity contribution in [3.05, 3.63) is 40.9 Å². The molecule has 1 aromatic carbocycles. The predicted octanol–water partition coefficient (Wildman–Crippen LogP) is 3.70. The maximum Gasteiger partial charge on any atom is 0.143 e. The Bertz CT molecular complexity index is 693. The molecule has 3 nitrogen and oxygen atoms in total. The van der Waals surface area contributed by atoms with E-state index in [0.29, 0.717) is 5.82 Å². The monoisotopic (exact) mass is 305 g/mol. The molecule has 2 N–H and O–H groups in total. The molecule has 0 atom stereocenters. The highest BCUT2D eigenvalue weighted by Crippen LogP contribution is 2.30. The number of thiazole rings is 1. The van der Waals surface area contributed by atoms with E-state index < -0.39 is 0 Å². The topological polar surface area (TPSA) is 51.8 Å². The van der Waals surface area contributed by atoms with Crippen molar-refractivity contribution in [3.63, 3.8) is 0 Å². The van der Waals surface area contributed by atoms with Crippen LogP contribution in [-0.4, -0.2) is 9.97 Å². The van der Waals surface area contributed by atoms with Crippen LogP contribution in [0, 0.1) is 0 Å². The molecule has 0 fully saturated rings. The van der Waals surface area contributed by atoms with E-state index in [2.05, 4.69) is 25.9 Å². The van der Waals surface area contributed by atoms with E-state index in [1.54, 1.807) is 17.4 Å². The number of hydrogen-bond donors (Lipinski definition) is 1. The largest absolute Gasteiger partial charge is 0.384 e. The predicted molar refractivity (Wildman–Crippen MR) is 75.0 cm³/mol. The lowest BCUT2D eigenvalue weighted by Crippen LogP contribution is -1.90. The van der Waals surface area contributed by atoms with Gasteiger partial charge in [0.2, 0.25) is 0 Å². The van der Waals surface area contributed by atoms with E-state index in [-0.39, 0.29) is 0 Å². The Morgan fingerprint density at radius 3 is 2.82 bits per heavy atom. The van der Waals surface area contributed by atoms with Gasteiger partial charge in [-0.2, -0.15) is 0 Å². The van der Waals surface area contributed by atoms with E-state index in [1.165, 1.54) is 0 Å². The number of aromatic nitrogens is 2. The SMILES string of the molecule is Nc1cccc(-c2nc3cc(Br)ccc3s2)n1. The molecule has 3 aromatic rings. The molecule has 0 unspecified atom stereocenters. The number of halogens is 1. The minimum Gasteiger partial charge on any atom is -0.384 e. The molecular weight excluding hydrogens is 298 g/mol. The van der Waals surface area contributed by atoms with Gasteiger partial charge in [-0.15, -0.1) is 11.3 Å². The number of benzene rings is 1. The minimum absolute atomic E-state index is 0.517. The molecule has 0 aliphatic carbocycles. The number of nitrogens with zero attached hydrogens (tertiary/aromatic N) is 2. The standard InChI is InChI=1S/C12H8BrN3S/c13-7-4-5-10-9(6-7)16-12(17-10)8-2-1-3-11(14)15-8/h1-6H,(H2,14,15). The van der Waals surface area contributed by atoms with Crippen LogP contribution < -0.4 is 5.73 Å². The molecule has 0 spiro atoms. The van der Waals surface area contributed by atoms with Gasteiger partial charge in [-0.05, 0) is 30.3 Å². The number of fused-ring (bicyclic) bond motifs is 1. The van der Waals surface area contributed by atoms with Gasteiger partial charge in [-0.3, -0.25) is 0 Å². The highest BCUT2D eigenvalue weighted by Gasteiger charge is 2.07. The van der Waals surface area contributed by atoms with Crippen molar-refractivity contribution in [2.24, 2.45) is 0 Å². The summed E-state index contributed by atoms with van der Waals surface area (Å²) in [5.41, 5.74) is 7.47. The molecule has 0 aliphatic heterocycles. The number of pyridine rings is 1. The maximum absolute atomic E-state index is 5.67. The van der Waals surface area contributed by atoms with Gasteiger partial charge in [0.05, 0.1) is 10.2 Å². The summed E-state index contributed by atoms with van der Waals surface area (Å²) in [5.74, 6) is 0.517. The molecule has 0 radical (unpaired) electrons. The van der Waals surface area contributed by atoms with E-state index in [0.717, 1.165) is 25.4 Å². The van der Waals surface area contributed by atoms with Gasteiger partial charge in [-0.25, -0.2) is 9.97 Å². The summed E-state index contributed by atoms with van der Waals surface area (Å²) in [6, 6.07) is 11.6. The summed E-state index contributed by atoms with van der Waals surface area (Å²) in [6.45, 7) is 0. The summed E-state index contributed by atoms with van der Waals surface area (Å²) in [7, 11) is 0. The zero-order valence-corrected chi connectivity index (χ0v) is 11.1. The smallest absolute Gasteiger partial charge is 0.143 e. The van der Waals surface area contributed by atoms with Crippen LogP contribution in [0.4, 0.5) is 5.82 Å². The molecule has 3 rings (SSSR count). The second-order valence-electron chi connectivity index (χ2n) is 3.58. The van der Waals surface area contributed by atoms with Crippen LogP contribution in [-0.2, 0) is 0 Å². The van der Waals surface area contributed by atoms with E-state index in [4.69, 9.17) is 5.73 Å². The van der Waals surface area contributed by atoms with Crippen LogP contribution in [0.1, 0.15) is 0 Å². The Kier molecular flexibility index (Phi) is 2.57. The lowest BCUT2D eigenvalue weighted by Gasteiger charge is -1.95. The summed E-state index contributed by atoms with van der Waals surface area (Å²) in [4.78, 5) is 8.83. The first-order valence-electron chi connectivity index (χ1n) is 5.01. The van der Waals surface area contributed by atoms with Crippen molar-refractivity contribution in [1.29, 1.82) is 0 Å². The number of hydrogen-bond acceptors (Lipinski definition) is 4. The molecule has 0 saturated carbocycles. The number of rotatable bonds is 1. The van der Waals surface area contributed by atoms with Gasteiger partial charge in [-0.1, -0.05) is 22.0 Å². The Morgan fingerprint density at radius 1 is 1.12 bits per heavy atom. The third-order valence-electron chi connectivity index (χ3n) is 2.34. The van der Waals surface area contributed by atoms with Crippen LogP contribution in [0.2, 0.25) is 0 Å².